The second kappa shape index (κ2) is 5.42. The van der Waals surface area contributed by atoms with Gasteiger partial charge >= 0.3 is 0 Å². The highest BCUT2D eigenvalue weighted by molar-refractivity contribution is 7.09. The normalized spacial score (nSPS) is 18.6. The zero-order chi connectivity index (χ0) is 14.1. The first-order valence-electron chi connectivity index (χ1n) is 7.07. The Hall–Kier alpha value is -1.98. The molecule has 0 unspecified atom stereocenters. The van der Waals surface area contributed by atoms with E-state index in [0.717, 1.165) is 30.5 Å². The van der Waals surface area contributed by atoms with Gasteiger partial charge in [-0.2, -0.15) is 0 Å². The Labute approximate surface area is 127 Å². The first kappa shape index (κ1) is 12.7. The van der Waals surface area contributed by atoms with E-state index in [9.17, 15) is 0 Å². The molecule has 0 saturated carbocycles. The topological polar surface area (TPSA) is 34.0 Å². The van der Waals surface area contributed by atoms with E-state index in [1.165, 1.54) is 5.56 Å². The number of thiazole rings is 1. The number of hydrogen-bond acceptors (Lipinski definition) is 4. The molecule has 0 N–H and O–H groups in total. The molecule has 3 aromatic rings. The van der Waals surface area contributed by atoms with E-state index in [2.05, 4.69) is 56.0 Å². The largest absolute Gasteiger partial charge is 0.332 e. The van der Waals surface area contributed by atoms with Crippen molar-refractivity contribution in [3.05, 3.63) is 70.7 Å². The van der Waals surface area contributed by atoms with Crippen LogP contribution in [0.1, 0.15) is 22.4 Å². The molecular weight excluding hydrogens is 280 g/mol. The van der Waals surface area contributed by atoms with Crippen LogP contribution < -0.4 is 0 Å². The summed E-state index contributed by atoms with van der Waals surface area (Å²) < 4.78 is 2.26. The molecule has 0 radical (unpaired) electrons. The number of aromatic nitrogens is 3. The average molecular weight is 296 g/mol. The van der Waals surface area contributed by atoms with Crippen molar-refractivity contribution in [2.45, 2.75) is 25.7 Å². The summed E-state index contributed by atoms with van der Waals surface area (Å²) >= 11 is 1.72. The van der Waals surface area contributed by atoms with E-state index < -0.39 is 0 Å². The SMILES string of the molecule is c1ccc([C@@H]2Cn3ccnc3CN2Cc2nccs2)cc1. The summed E-state index contributed by atoms with van der Waals surface area (Å²) in [7, 11) is 0. The molecule has 0 bridgehead atoms. The monoisotopic (exact) mass is 296 g/mol. The molecule has 1 aliphatic heterocycles. The highest BCUT2D eigenvalue weighted by atomic mass is 32.1. The van der Waals surface area contributed by atoms with Gasteiger partial charge in [0.1, 0.15) is 10.8 Å². The lowest BCUT2D eigenvalue weighted by Crippen LogP contribution is -2.36. The van der Waals surface area contributed by atoms with Gasteiger partial charge in [-0.25, -0.2) is 9.97 Å². The van der Waals surface area contributed by atoms with E-state index in [1.807, 2.05) is 17.8 Å². The second-order valence-corrected chi connectivity index (χ2v) is 6.23. The van der Waals surface area contributed by atoms with Crippen molar-refractivity contribution in [2.24, 2.45) is 0 Å². The Morgan fingerprint density at radius 1 is 1.14 bits per heavy atom. The molecule has 0 saturated heterocycles. The Morgan fingerprint density at radius 2 is 2.05 bits per heavy atom. The third kappa shape index (κ3) is 2.50. The van der Waals surface area contributed by atoms with Crippen LogP contribution in [-0.4, -0.2) is 19.4 Å². The summed E-state index contributed by atoms with van der Waals surface area (Å²) in [6, 6.07) is 11.1. The molecule has 0 amide bonds. The van der Waals surface area contributed by atoms with Gasteiger partial charge in [0, 0.05) is 30.5 Å². The van der Waals surface area contributed by atoms with Crippen molar-refractivity contribution in [2.75, 3.05) is 0 Å². The number of benzene rings is 1. The summed E-state index contributed by atoms with van der Waals surface area (Å²) in [6.07, 6.45) is 5.85. The Kier molecular flexibility index (Phi) is 3.29. The first-order chi connectivity index (χ1) is 10.4. The maximum atomic E-state index is 4.47. The minimum atomic E-state index is 0.372. The highest BCUT2D eigenvalue weighted by Crippen LogP contribution is 2.30. The molecule has 2 aromatic heterocycles. The standard InChI is InChI=1S/C16H16N4S/c1-2-4-13(5-3-1)14-10-19-8-6-17-15(19)11-20(14)12-16-18-7-9-21-16/h1-9,14H,10-12H2/t14-/m0/s1. The van der Waals surface area contributed by atoms with E-state index in [-0.39, 0.29) is 0 Å². The van der Waals surface area contributed by atoms with Gasteiger partial charge in [-0.3, -0.25) is 4.90 Å². The maximum Gasteiger partial charge on any atom is 0.122 e. The number of imidazole rings is 1. The van der Waals surface area contributed by atoms with E-state index in [1.54, 1.807) is 11.3 Å². The van der Waals surface area contributed by atoms with E-state index in [0.29, 0.717) is 6.04 Å². The number of hydrogen-bond donors (Lipinski definition) is 0. The molecule has 106 valence electrons. The molecule has 0 aliphatic carbocycles. The van der Waals surface area contributed by atoms with Gasteiger partial charge in [-0.1, -0.05) is 30.3 Å². The fourth-order valence-electron chi connectivity index (χ4n) is 2.91. The van der Waals surface area contributed by atoms with E-state index in [4.69, 9.17) is 0 Å². The number of rotatable bonds is 3. The third-order valence-electron chi connectivity index (χ3n) is 3.96. The fourth-order valence-corrected chi connectivity index (χ4v) is 3.55. The molecule has 4 nitrogen and oxygen atoms in total. The van der Waals surface area contributed by atoms with Gasteiger partial charge in [0.15, 0.2) is 0 Å². The van der Waals surface area contributed by atoms with Gasteiger partial charge in [-0.05, 0) is 5.56 Å². The quantitative estimate of drug-likeness (QED) is 0.745. The Morgan fingerprint density at radius 3 is 2.86 bits per heavy atom. The van der Waals surface area contributed by atoms with Crippen LogP contribution in [0.5, 0.6) is 0 Å². The molecule has 5 heteroatoms. The predicted octanol–water partition coefficient (Wildman–Crippen LogP) is 3.10. The summed E-state index contributed by atoms with van der Waals surface area (Å²) in [4.78, 5) is 11.4. The third-order valence-corrected chi connectivity index (χ3v) is 4.73. The molecule has 3 heterocycles. The Bertz CT molecular complexity index is 705. The highest BCUT2D eigenvalue weighted by Gasteiger charge is 2.28. The van der Waals surface area contributed by atoms with Gasteiger partial charge in [0.25, 0.3) is 0 Å². The minimum absolute atomic E-state index is 0.372. The lowest BCUT2D eigenvalue weighted by atomic mass is 10.0. The maximum absolute atomic E-state index is 4.47. The van der Waals surface area contributed by atoms with Crippen LogP contribution in [0.2, 0.25) is 0 Å². The van der Waals surface area contributed by atoms with Gasteiger partial charge in [-0.15, -0.1) is 11.3 Å². The predicted molar refractivity (Wildman–Crippen MR) is 82.8 cm³/mol. The van der Waals surface area contributed by atoms with Crippen molar-refractivity contribution in [1.82, 2.24) is 19.4 Å². The smallest absolute Gasteiger partial charge is 0.122 e. The molecule has 1 aromatic carbocycles. The first-order valence-corrected chi connectivity index (χ1v) is 7.95. The number of fused-ring (bicyclic) bond motifs is 1. The van der Waals surface area contributed by atoms with Crippen LogP contribution in [0.3, 0.4) is 0 Å². The average Bonchev–Trinajstić information content (AvgIpc) is 3.18. The molecule has 21 heavy (non-hydrogen) atoms. The molecule has 1 aliphatic rings. The van der Waals surface area contributed by atoms with Gasteiger partial charge < -0.3 is 4.57 Å². The Balaban J connectivity index is 1.67. The van der Waals surface area contributed by atoms with Gasteiger partial charge in [0.05, 0.1) is 19.1 Å². The van der Waals surface area contributed by atoms with Crippen LogP contribution in [0, 0.1) is 0 Å². The fraction of sp³-hybridized carbons (Fsp3) is 0.250. The van der Waals surface area contributed by atoms with Crippen LogP contribution >= 0.6 is 11.3 Å². The minimum Gasteiger partial charge on any atom is -0.332 e. The van der Waals surface area contributed by atoms with Crippen molar-refractivity contribution in [3.8, 4) is 0 Å². The van der Waals surface area contributed by atoms with Crippen molar-refractivity contribution in [3.63, 3.8) is 0 Å². The number of nitrogens with zero attached hydrogens (tertiary/aromatic N) is 4. The lowest BCUT2D eigenvalue weighted by molar-refractivity contribution is 0.128. The summed E-state index contributed by atoms with van der Waals surface area (Å²) in [6.45, 7) is 2.70. The van der Waals surface area contributed by atoms with Crippen LogP contribution in [-0.2, 0) is 19.6 Å². The lowest BCUT2D eigenvalue weighted by Gasteiger charge is -2.36. The zero-order valence-electron chi connectivity index (χ0n) is 11.6. The second-order valence-electron chi connectivity index (χ2n) is 5.25. The van der Waals surface area contributed by atoms with Crippen LogP contribution in [0.4, 0.5) is 0 Å². The summed E-state index contributed by atoms with van der Waals surface area (Å²) in [5.41, 5.74) is 1.36. The van der Waals surface area contributed by atoms with E-state index >= 15 is 0 Å². The van der Waals surface area contributed by atoms with Crippen LogP contribution in [0.15, 0.2) is 54.3 Å². The zero-order valence-corrected chi connectivity index (χ0v) is 12.4. The molecule has 0 spiro atoms. The molecule has 4 rings (SSSR count). The summed E-state index contributed by atoms with van der Waals surface area (Å²) in [5.74, 6) is 1.14. The summed E-state index contributed by atoms with van der Waals surface area (Å²) in [5, 5.41) is 3.20. The molecule has 1 atom stereocenters. The van der Waals surface area contributed by atoms with Crippen LogP contribution in [0.25, 0.3) is 0 Å². The van der Waals surface area contributed by atoms with Crippen molar-refractivity contribution < 1.29 is 0 Å². The molecular formula is C16H16N4S. The van der Waals surface area contributed by atoms with Crippen molar-refractivity contribution >= 4 is 11.3 Å². The molecule has 0 fully saturated rings. The van der Waals surface area contributed by atoms with Crippen molar-refractivity contribution in [1.29, 1.82) is 0 Å². The van der Waals surface area contributed by atoms with Gasteiger partial charge in [0.2, 0.25) is 0 Å².